The molecule has 0 bridgehead atoms. The molecule has 0 radical (unpaired) electrons. The van der Waals surface area contributed by atoms with E-state index in [1.54, 1.807) is 62.4 Å². The molecule has 1 heterocycles. The van der Waals surface area contributed by atoms with Crippen LogP contribution in [0.3, 0.4) is 0 Å². The van der Waals surface area contributed by atoms with E-state index in [1.165, 1.54) is 13.0 Å². The van der Waals surface area contributed by atoms with Gasteiger partial charge >= 0.3 is 11.9 Å². The van der Waals surface area contributed by atoms with Crippen LogP contribution in [-0.2, 0) is 34.1 Å². The molecular weight excluding hydrogens is 474 g/mol. The maximum absolute atomic E-state index is 14.2. The number of Topliss-reactive ketones (excluding diaryl/α,β-unsaturated/α-hetero) is 1. The number of ether oxygens (including phenoxy) is 2. The first-order valence-electron chi connectivity index (χ1n) is 12.3. The molecule has 2 amide bonds. The number of carbonyl (C=O) groups is 5. The Balaban J connectivity index is 1.98. The monoisotopic (exact) mass is 503 g/mol. The first kappa shape index (κ1) is 26.0. The van der Waals surface area contributed by atoms with Crippen molar-refractivity contribution in [2.24, 2.45) is 11.8 Å². The summed E-state index contributed by atoms with van der Waals surface area (Å²) < 4.78 is 10.6. The van der Waals surface area contributed by atoms with Crippen LogP contribution in [0.15, 0.2) is 60.2 Å². The standard InChI is InChI=1S/C29H29NO7/c1-5-36-24(32)16-20-15-21(26(33)19-13-11-17(3)12-14-19)25(27(34)37-6-2)29(20)22-9-7-8-10-23(22)30(18(4)31)28(29)35/h7-15,20,25H,5-6,16H2,1-4H3/t20-,25-,29+/m1/s1. The highest BCUT2D eigenvalue weighted by molar-refractivity contribution is 6.25. The lowest BCUT2D eigenvalue weighted by molar-refractivity contribution is -0.153. The summed E-state index contributed by atoms with van der Waals surface area (Å²) in [6.07, 6.45) is 1.26. The Labute approximate surface area is 215 Å². The van der Waals surface area contributed by atoms with Crippen LogP contribution in [0.2, 0.25) is 0 Å². The van der Waals surface area contributed by atoms with E-state index >= 15 is 0 Å². The fraction of sp³-hybridized carbons (Fsp3) is 0.345. The SMILES string of the molecule is CCOC(=O)C[C@H]1C=C(C(=O)c2ccc(C)cc2)[C@H](C(=O)OCC)[C@]12C(=O)N(C(C)=O)c1ccccc12. The van der Waals surface area contributed by atoms with Crippen molar-refractivity contribution in [1.82, 2.24) is 0 Å². The molecule has 0 N–H and O–H groups in total. The number of esters is 2. The maximum atomic E-state index is 14.2. The van der Waals surface area contributed by atoms with Crippen LogP contribution in [-0.4, -0.2) is 42.7 Å². The number of anilines is 1. The van der Waals surface area contributed by atoms with E-state index in [-0.39, 0.29) is 25.2 Å². The molecule has 37 heavy (non-hydrogen) atoms. The highest BCUT2D eigenvalue weighted by atomic mass is 16.5. The maximum Gasteiger partial charge on any atom is 0.315 e. The molecule has 3 atom stereocenters. The van der Waals surface area contributed by atoms with Crippen LogP contribution in [0.5, 0.6) is 0 Å². The number of aryl methyl sites for hydroxylation is 1. The third-order valence-electron chi connectivity index (χ3n) is 6.98. The van der Waals surface area contributed by atoms with Crippen LogP contribution in [0.25, 0.3) is 0 Å². The lowest BCUT2D eigenvalue weighted by Crippen LogP contribution is -2.52. The molecule has 192 valence electrons. The molecule has 8 heteroatoms. The Kier molecular flexibility index (Phi) is 7.12. The summed E-state index contributed by atoms with van der Waals surface area (Å²) in [5.41, 5.74) is 0.334. The number of ketones is 1. The Hall–Kier alpha value is -4.07. The number of hydrogen-bond donors (Lipinski definition) is 0. The van der Waals surface area contributed by atoms with E-state index < -0.39 is 46.8 Å². The third-order valence-corrected chi connectivity index (χ3v) is 6.98. The van der Waals surface area contributed by atoms with Crippen LogP contribution in [0.4, 0.5) is 5.69 Å². The van der Waals surface area contributed by atoms with Crippen molar-refractivity contribution >= 4 is 35.2 Å². The first-order valence-corrected chi connectivity index (χ1v) is 12.3. The molecule has 1 aliphatic heterocycles. The topological polar surface area (TPSA) is 107 Å². The number of hydrogen-bond acceptors (Lipinski definition) is 7. The van der Waals surface area contributed by atoms with Gasteiger partial charge < -0.3 is 9.47 Å². The molecule has 2 aromatic carbocycles. The predicted octanol–water partition coefficient (Wildman–Crippen LogP) is 3.70. The van der Waals surface area contributed by atoms with Crippen LogP contribution >= 0.6 is 0 Å². The molecule has 0 aromatic heterocycles. The summed E-state index contributed by atoms with van der Waals surface area (Å²) in [4.78, 5) is 68.1. The molecule has 0 saturated carbocycles. The van der Waals surface area contributed by atoms with Gasteiger partial charge in [-0.25, -0.2) is 4.90 Å². The molecule has 1 spiro atoms. The second kappa shape index (κ2) is 10.1. The lowest BCUT2D eigenvalue weighted by Gasteiger charge is -2.35. The second-order valence-electron chi connectivity index (χ2n) is 9.16. The zero-order chi connectivity index (χ0) is 26.9. The van der Waals surface area contributed by atoms with Gasteiger partial charge in [-0.05, 0) is 32.4 Å². The third kappa shape index (κ3) is 4.16. The van der Waals surface area contributed by atoms with E-state index in [0.717, 1.165) is 10.5 Å². The predicted molar refractivity (Wildman–Crippen MR) is 135 cm³/mol. The summed E-state index contributed by atoms with van der Waals surface area (Å²) in [6, 6.07) is 13.5. The van der Waals surface area contributed by atoms with Gasteiger partial charge in [0.05, 0.1) is 25.3 Å². The number of amides is 2. The van der Waals surface area contributed by atoms with Crippen molar-refractivity contribution < 1.29 is 33.4 Å². The Morgan fingerprint density at radius 3 is 2.22 bits per heavy atom. The molecule has 0 unspecified atom stereocenters. The number of rotatable bonds is 7. The molecule has 1 aliphatic carbocycles. The summed E-state index contributed by atoms with van der Waals surface area (Å²) >= 11 is 0. The smallest absolute Gasteiger partial charge is 0.315 e. The highest BCUT2D eigenvalue weighted by Crippen LogP contribution is 2.58. The first-order chi connectivity index (χ1) is 17.7. The molecule has 4 rings (SSSR count). The summed E-state index contributed by atoms with van der Waals surface area (Å²) in [6.45, 7) is 6.59. The minimum absolute atomic E-state index is 0.0201. The van der Waals surface area contributed by atoms with E-state index in [1.807, 2.05) is 6.92 Å². The minimum Gasteiger partial charge on any atom is -0.466 e. The zero-order valence-electron chi connectivity index (χ0n) is 21.3. The fourth-order valence-electron chi connectivity index (χ4n) is 5.52. The molecule has 8 nitrogen and oxygen atoms in total. The number of para-hydroxylation sites is 1. The van der Waals surface area contributed by atoms with E-state index in [2.05, 4.69) is 0 Å². The number of allylic oxidation sites excluding steroid dienone is 1. The number of fused-ring (bicyclic) bond motifs is 2. The summed E-state index contributed by atoms with van der Waals surface area (Å²) in [5.74, 6) is -5.30. The number of nitrogens with zero attached hydrogens (tertiary/aromatic N) is 1. The van der Waals surface area contributed by atoms with Crippen molar-refractivity contribution in [3.8, 4) is 0 Å². The zero-order valence-corrected chi connectivity index (χ0v) is 21.3. The van der Waals surface area contributed by atoms with E-state index in [4.69, 9.17) is 9.47 Å². The van der Waals surface area contributed by atoms with Gasteiger partial charge in [0.1, 0.15) is 11.3 Å². The van der Waals surface area contributed by atoms with Crippen LogP contribution in [0, 0.1) is 18.8 Å². The van der Waals surface area contributed by atoms with Gasteiger partial charge in [-0.3, -0.25) is 24.0 Å². The number of benzene rings is 2. The molecule has 0 saturated heterocycles. The van der Waals surface area contributed by atoms with Gasteiger partial charge in [0.15, 0.2) is 5.78 Å². The second-order valence-corrected chi connectivity index (χ2v) is 9.16. The normalized spacial score (nSPS) is 22.0. The largest absolute Gasteiger partial charge is 0.466 e. The Bertz CT molecular complexity index is 1310. The van der Waals surface area contributed by atoms with Gasteiger partial charge in [-0.2, -0.15) is 0 Å². The van der Waals surface area contributed by atoms with Crippen LogP contribution < -0.4 is 4.90 Å². The Morgan fingerprint density at radius 1 is 0.946 bits per heavy atom. The summed E-state index contributed by atoms with van der Waals surface area (Å²) in [7, 11) is 0. The highest BCUT2D eigenvalue weighted by Gasteiger charge is 2.67. The van der Waals surface area contributed by atoms with Gasteiger partial charge in [-0.15, -0.1) is 0 Å². The van der Waals surface area contributed by atoms with Gasteiger partial charge in [0.25, 0.3) is 0 Å². The minimum atomic E-state index is -1.73. The van der Waals surface area contributed by atoms with Crippen LogP contribution in [0.1, 0.15) is 48.7 Å². The number of carbonyl (C=O) groups excluding carboxylic acids is 5. The van der Waals surface area contributed by atoms with Gasteiger partial charge in [0.2, 0.25) is 11.8 Å². The molecule has 2 aromatic rings. The fourth-order valence-corrected chi connectivity index (χ4v) is 5.52. The lowest BCUT2D eigenvalue weighted by atomic mass is 9.64. The van der Waals surface area contributed by atoms with Crippen molar-refractivity contribution in [3.05, 3.63) is 76.9 Å². The molecular formula is C29H29NO7. The summed E-state index contributed by atoms with van der Waals surface area (Å²) in [5, 5.41) is 0. The molecule has 0 fully saturated rings. The van der Waals surface area contributed by atoms with Gasteiger partial charge in [-0.1, -0.05) is 54.1 Å². The van der Waals surface area contributed by atoms with Crippen molar-refractivity contribution in [3.63, 3.8) is 0 Å². The quantitative estimate of drug-likeness (QED) is 0.419. The van der Waals surface area contributed by atoms with Crippen molar-refractivity contribution in [1.29, 1.82) is 0 Å². The molecule has 2 aliphatic rings. The van der Waals surface area contributed by atoms with E-state index in [0.29, 0.717) is 16.8 Å². The Morgan fingerprint density at radius 2 is 1.59 bits per heavy atom. The van der Waals surface area contributed by atoms with E-state index in [9.17, 15) is 24.0 Å². The average Bonchev–Trinajstić information content (AvgIpc) is 3.33. The average molecular weight is 504 g/mol. The number of imide groups is 1. The van der Waals surface area contributed by atoms with Crippen molar-refractivity contribution in [2.75, 3.05) is 18.1 Å². The van der Waals surface area contributed by atoms with Gasteiger partial charge in [0, 0.05) is 24.0 Å². The van der Waals surface area contributed by atoms with Crippen molar-refractivity contribution in [2.45, 2.75) is 39.5 Å².